The molecule has 126 valence electrons. The van der Waals surface area contributed by atoms with Gasteiger partial charge < -0.3 is 10.6 Å². The number of amides is 3. The van der Waals surface area contributed by atoms with Crippen molar-refractivity contribution in [2.24, 2.45) is 0 Å². The summed E-state index contributed by atoms with van der Waals surface area (Å²) in [6.45, 7) is 4.47. The molecule has 3 amide bonds. The molecule has 0 spiro atoms. The average Bonchev–Trinajstić information content (AvgIpc) is 2.84. The van der Waals surface area contributed by atoms with E-state index in [1.54, 1.807) is 24.3 Å². The molecule has 1 heterocycles. The number of nitrogens with zero attached hydrogens (tertiary/aromatic N) is 1. The van der Waals surface area contributed by atoms with Crippen molar-refractivity contribution in [3.63, 3.8) is 0 Å². The van der Waals surface area contributed by atoms with Crippen molar-refractivity contribution in [1.82, 2.24) is 15.5 Å². The van der Waals surface area contributed by atoms with Crippen molar-refractivity contribution < 1.29 is 14.4 Å². The highest BCUT2D eigenvalue weighted by Gasteiger charge is 2.28. The predicted molar refractivity (Wildman–Crippen MR) is 89.4 cm³/mol. The number of carbonyl (C=O) groups is 3. The molecule has 1 fully saturated rings. The zero-order chi connectivity index (χ0) is 15.9. The van der Waals surface area contributed by atoms with Crippen molar-refractivity contribution in [2.75, 3.05) is 19.6 Å². The first kappa shape index (κ1) is 19.1. The Kier molecular flexibility index (Phi) is 7.71. The van der Waals surface area contributed by atoms with Gasteiger partial charge in [0.2, 0.25) is 11.8 Å². The second-order valence-electron chi connectivity index (χ2n) is 5.18. The molecule has 0 atom stereocenters. The average molecular weight is 340 g/mol. The van der Waals surface area contributed by atoms with Crippen LogP contribution in [0.1, 0.15) is 35.7 Å². The third-order valence-corrected chi connectivity index (χ3v) is 3.55. The van der Waals surface area contributed by atoms with Gasteiger partial charge in [-0.2, -0.15) is 0 Å². The molecule has 0 aliphatic carbocycles. The molecular formula is C16H22ClN3O3. The Bertz CT molecular complexity index is 544. The van der Waals surface area contributed by atoms with Gasteiger partial charge in [-0.25, -0.2) is 0 Å². The van der Waals surface area contributed by atoms with Gasteiger partial charge in [-0.3, -0.25) is 19.3 Å². The lowest BCUT2D eigenvalue weighted by Crippen LogP contribution is -2.31. The van der Waals surface area contributed by atoms with Crippen LogP contribution in [0.5, 0.6) is 0 Å². The maximum absolute atomic E-state index is 11.9. The first-order valence-corrected chi connectivity index (χ1v) is 7.53. The minimum absolute atomic E-state index is 0. The van der Waals surface area contributed by atoms with Crippen molar-refractivity contribution in [1.29, 1.82) is 0 Å². The van der Waals surface area contributed by atoms with Crippen LogP contribution >= 0.6 is 12.4 Å². The van der Waals surface area contributed by atoms with Crippen LogP contribution in [0.4, 0.5) is 0 Å². The van der Waals surface area contributed by atoms with E-state index in [9.17, 15) is 14.4 Å². The predicted octanol–water partition coefficient (Wildman–Crippen LogP) is 1.10. The van der Waals surface area contributed by atoms with E-state index in [1.807, 2.05) is 6.92 Å². The summed E-state index contributed by atoms with van der Waals surface area (Å²) >= 11 is 0. The molecule has 23 heavy (non-hydrogen) atoms. The molecule has 2 N–H and O–H groups in total. The molecule has 1 aromatic rings. The number of halogens is 1. The normalized spacial score (nSPS) is 13.9. The van der Waals surface area contributed by atoms with Gasteiger partial charge >= 0.3 is 0 Å². The fourth-order valence-electron chi connectivity index (χ4n) is 2.29. The minimum atomic E-state index is -0.129. The molecule has 2 rings (SSSR count). The van der Waals surface area contributed by atoms with Gasteiger partial charge in [0.05, 0.1) is 6.54 Å². The van der Waals surface area contributed by atoms with Gasteiger partial charge in [-0.1, -0.05) is 19.1 Å². The lowest BCUT2D eigenvalue weighted by atomic mass is 10.1. The summed E-state index contributed by atoms with van der Waals surface area (Å²) in [5.41, 5.74) is 1.41. The van der Waals surface area contributed by atoms with Gasteiger partial charge in [-0.05, 0) is 24.2 Å². The lowest BCUT2D eigenvalue weighted by molar-refractivity contribution is -0.139. The lowest BCUT2D eigenvalue weighted by Gasteiger charge is -2.14. The zero-order valence-corrected chi connectivity index (χ0v) is 13.9. The number of nitrogens with one attached hydrogen (secondary N) is 2. The summed E-state index contributed by atoms with van der Waals surface area (Å²) in [6, 6.07) is 6.97. The summed E-state index contributed by atoms with van der Waals surface area (Å²) < 4.78 is 0. The molecule has 1 saturated heterocycles. The number of hydrogen-bond acceptors (Lipinski definition) is 4. The number of likely N-dealkylation sites (tertiary alicyclic amines) is 1. The highest BCUT2D eigenvalue weighted by atomic mass is 35.5. The van der Waals surface area contributed by atoms with Crippen molar-refractivity contribution in [2.45, 2.75) is 26.3 Å². The van der Waals surface area contributed by atoms with Crippen molar-refractivity contribution in [3.8, 4) is 0 Å². The largest absolute Gasteiger partial charge is 0.351 e. The van der Waals surface area contributed by atoms with Crippen LogP contribution in [0.25, 0.3) is 0 Å². The standard InChI is InChI=1S/C16H21N3O3.ClH/c1-2-17-9-10-18-16(22)13-5-3-12(4-6-13)11-19-14(20)7-8-15(19)21;/h3-6,17H,2,7-11H2,1H3,(H,18,22);1H. The molecule has 1 aliphatic rings. The van der Waals surface area contributed by atoms with E-state index >= 15 is 0 Å². The Hall–Kier alpha value is -1.92. The van der Waals surface area contributed by atoms with Crippen LogP contribution in [0.2, 0.25) is 0 Å². The van der Waals surface area contributed by atoms with Gasteiger partial charge in [0.25, 0.3) is 5.91 Å². The second kappa shape index (κ2) is 9.27. The molecule has 1 aliphatic heterocycles. The molecular weight excluding hydrogens is 318 g/mol. The Morgan fingerprint density at radius 2 is 1.70 bits per heavy atom. The fourth-order valence-corrected chi connectivity index (χ4v) is 2.29. The van der Waals surface area contributed by atoms with Crippen LogP contribution in [-0.4, -0.2) is 42.3 Å². The van der Waals surface area contributed by atoms with Crippen LogP contribution in [0, 0.1) is 0 Å². The van der Waals surface area contributed by atoms with Gasteiger partial charge in [0.1, 0.15) is 0 Å². The quantitative estimate of drug-likeness (QED) is 0.576. The van der Waals surface area contributed by atoms with E-state index in [4.69, 9.17) is 0 Å². The summed E-state index contributed by atoms with van der Waals surface area (Å²) in [7, 11) is 0. The third-order valence-electron chi connectivity index (χ3n) is 3.55. The number of imide groups is 1. The SMILES string of the molecule is CCNCCNC(=O)c1ccc(CN2C(=O)CCC2=O)cc1.Cl. The molecule has 7 heteroatoms. The zero-order valence-electron chi connectivity index (χ0n) is 13.1. The first-order chi connectivity index (χ1) is 10.6. The molecule has 0 saturated carbocycles. The summed E-state index contributed by atoms with van der Waals surface area (Å²) in [6.07, 6.45) is 0.593. The molecule has 0 radical (unpaired) electrons. The second-order valence-corrected chi connectivity index (χ2v) is 5.18. The topological polar surface area (TPSA) is 78.5 Å². The number of rotatable bonds is 7. The highest BCUT2D eigenvalue weighted by Crippen LogP contribution is 2.16. The van der Waals surface area contributed by atoms with Crippen LogP contribution in [-0.2, 0) is 16.1 Å². The number of benzene rings is 1. The maximum atomic E-state index is 11.9. The summed E-state index contributed by atoms with van der Waals surface area (Å²) in [4.78, 5) is 36.3. The molecule has 0 aromatic heterocycles. The van der Waals surface area contributed by atoms with E-state index < -0.39 is 0 Å². The van der Waals surface area contributed by atoms with E-state index in [0.29, 0.717) is 24.9 Å². The van der Waals surface area contributed by atoms with Gasteiger partial charge in [0.15, 0.2) is 0 Å². The molecule has 1 aromatic carbocycles. The Labute approximate surface area is 142 Å². The minimum Gasteiger partial charge on any atom is -0.351 e. The van der Waals surface area contributed by atoms with E-state index in [-0.39, 0.29) is 36.7 Å². The fraction of sp³-hybridized carbons (Fsp3) is 0.438. The molecule has 6 nitrogen and oxygen atoms in total. The Morgan fingerprint density at radius 1 is 1.09 bits per heavy atom. The van der Waals surface area contributed by atoms with E-state index in [1.165, 1.54) is 4.90 Å². The van der Waals surface area contributed by atoms with Crippen molar-refractivity contribution >= 4 is 30.1 Å². The number of likely N-dealkylation sites (N-methyl/N-ethyl adjacent to an activating group) is 1. The van der Waals surface area contributed by atoms with Gasteiger partial charge in [0, 0.05) is 31.5 Å². The third kappa shape index (κ3) is 5.33. The molecule has 0 bridgehead atoms. The van der Waals surface area contributed by atoms with Crippen molar-refractivity contribution in [3.05, 3.63) is 35.4 Å². The monoisotopic (exact) mass is 339 g/mol. The van der Waals surface area contributed by atoms with Crippen LogP contribution in [0.15, 0.2) is 24.3 Å². The summed E-state index contributed by atoms with van der Waals surface area (Å²) in [5, 5.41) is 5.95. The highest BCUT2D eigenvalue weighted by molar-refractivity contribution is 6.01. The van der Waals surface area contributed by atoms with Gasteiger partial charge in [-0.15, -0.1) is 12.4 Å². The van der Waals surface area contributed by atoms with E-state index in [0.717, 1.165) is 18.7 Å². The van der Waals surface area contributed by atoms with Crippen LogP contribution < -0.4 is 10.6 Å². The summed E-state index contributed by atoms with van der Waals surface area (Å²) in [5.74, 6) is -0.386. The molecule has 0 unspecified atom stereocenters. The smallest absolute Gasteiger partial charge is 0.251 e. The Morgan fingerprint density at radius 3 is 2.26 bits per heavy atom. The maximum Gasteiger partial charge on any atom is 0.251 e. The Balaban J connectivity index is 0.00000264. The van der Waals surface area contributed by atoms with Crippen LogP contribution in [0.3, 0.4) is 0 Å². The number of hydrogen-bond donors (Lipinski definition) is 2. The first-order valence-electron chi connectivity index (χ1n) is 7.53. The number of carbonyl (C=O) groups excluding carboxylic acids is 3. The van der Waals surface area contributed by atoms with E-state index in [2.05, 4.69) is 10.6 Å².